The summed E-state index contributed by atoms with van der Waals surface area (Å²) in [6, 6.07) is -0.453. The van der Waals surface area contributed by atoms with E-state index in [1.165, 1.54) is 0 Å². The molecule has 1 unspecified atom stereocenters. The number of nitrogens with two attached hydrogens (primary N) is 1. The molecular formula is C9H19N3O4S2. The molecule has 0 saturated carbocycles. The van der Waals surface area contributed by atoms with Crippen LogP contribution in [0.5, 0.6) is 0 Å². The molecule has 1 rings (SSSR count). The van der Waals surface area contributed by atoms with Crippen molar-refractivity contribution in [2.45, 2.75) is 37.5 Å². The zero-order valence-corrected chi connectivity index (χ0v) is 11.9. The van der Waals surface area contributed by atoms with Gasteiger partial charge in [0, 0.05) is 12.5 Å². The number of hydrogen-bond acceptors (Lipinski definition) is 5. The zero-order chi connectivity index (χ0) is 14.0. The van der Waals surface area contributed by atoms with Crippen LogP contribution >= 0.6 is 0 Å². The molecule has 0 radical (unpaired) electrons. The molecule has 1 heterocycles. The van der Waals surface area contributed by atoms with E-state index in [1.807, 2.05) is 0 Å². The lowest BCUT2D eigenvalue weighted by Gasteiger charge is -2.24. The van der Waals surface area contributed by atoms with Crippen molar-refractivity contribution in [3.8, 4) is 0 Å². The first-order valence-electron chi connectivity index (χ1n) is 5.67. The molecule has 0 aromatic heterocycles. The minimum Gasteiger partial charge on any atom is -0.388 e. The van der Waals surface area contributed by atoms with Crippen LogP contribution < -0.4 is 10.5 Å². The molecule has 0 spiro atoms. The second-order valence-corrected chi connectivity index (χ2v) is 8.94. The number of nitrogens with one attached hydrogen (secondary N) is 2. The van der Waals surface area contributed by atoms with E-state index in [4.69, 9.17) is 11.1 Å². The Balaban J connectivity index is 2.62. The molecule has 9 heteroatoms. The first kappa shape index (κ1) is 15.4. The smallest absolute Gasteiger partial charge is 0.214 e. The van der Waals surface area contributed by atoms with Crippen LogP contribution in [-0.4, -0.2) is 45.5 Å². The first-order valence-corrected chi connectivity index (χ1v) is 9.03. The van der Waals surface area contributed by atoms with Crippen molar-refractivity contribution >= 4 is 25.7 Å². The highest BCUT2D eigenvalue weighted by atomic mass is 32.2. The predicted octanol–water partition coefficient (Wildman–Crippen LogP) is -0.802. The topological polar surface area (TPSA) is 130 Å². The highest BCUT2D eigenvalue weighted by Crippen LogP contribution is 2.19. The van der Waals surface area contributed by atoms with Gasteiger partial charge in [-0.2, -0.15) is 0 Å². The number of sulfone groups is 1. The van der Waals surface area contributed by atoms with E-state index in [2.05, 4.69) is 4.72 Å². The van der Waals surface area contributed by atoms with E-state index >= 15 is 0 Å². The van der Waals surface area contributed by atoms with Crippen molar-refractivity contribution in [1.29, 1.82) is 5.41 Å². The average molecular weight is 297 g/mol. The Bertz CT molecular complexity index is 498. The van der Waals surface area contributed by atoms with E-state index in [0.717, 1.165) is 0 Å². The second kappa shape index (κ2) is 5.54. The first-order chi connectivity index (χ1) is 8.12. The summed E-state index contributed by atoms with van der Waals surface area (Å²) in [7, 11) is -6.61. The molecule has 4 N–H and O–H groups in total. The minimum absolute atomic E-state index is 0.0837. The summed E-state index contributed by atoms with van der Waals surface area (Å²) in [5.41, 5.74) is 5.20. The molecule has 0 amide bonds. The monoisotopic (exact) mass is 297 g/mol. The molecule has 106 valence electrons. The molecule has 7 nitrogen and oxygen atoms in total. The summed E-state index contributed by atoms with van der Waals surface area (Å²) in [5.74, 6) is -0.254. The number of amidine groups is 1. The maximum Gasteiger partial charge on any atom is 0.214 e. The van der Waals surface area contributed by atoms with Crippen LogP contribution in [0.15, 0.2) is 0 Å². The van der Waals surface area contributed by atoms with Gasteiger partial charge < -0.3 is 5.73 Å². The standard InChI is InChI=1S/C9H19N3O4S2/c1-7(6-9(10)11)12-18(15,16)8-2-4-17(13,14)5-3-8/h7-8,12H,2-6H2,1H3,(H3,10,11). The van der Waals surface area contributed by atoms with Crippen LogP contribution in [0, 0.1) is 5.41 Å². The number of sulfonamides is 1. The van der Waals surface area contributed by atoms with E-state index in [1.54, 1.807) is 6.92 Å². The van der Waals surface area contributed by atoms with Gasteiger partial charge in [-0.1, -0.05) is 0 Å². The third-order valence-corrected chi connectivity index (χ3v) is 6.63. The average Bonchev–Trinajstić information content (AvgIpc) is 2.13. The van der Waals surface area contributed by atoms with Crippen molar-refractivity contribution < 1.29 is 16.8 Å². The van der Waals surface area contributed by atoms with Crippen LogP contribution in [0.3, 0.4) is 0 Å². The summed E-state index contributed by atoms with van der Waals surface area (Å²) in [4.78, 5) is 0. The quantitative estimate of drug-likeness (QED) is 0.451. The summed E-state index contributed by atoms with van der Waals surface area (Å²) in [6.07, 6.45) is 0.402. The van der Waals surface area contributed by atoms with Gasteiger partial charge in [0.05, 0.1) is 22.6 Å². The molecule has 1 aliphatic rings. The van der Waals surface area contributed by atoms with Crippen molar-refractivity contribution in [2.75, 3.05) is 11.5 Å². The molecule has 1 saturated heterocycles. The van der Waals surface area contributed by atoms with Gasteiger partial charge in [0.15, 0.2) is 0 Å². The van der Waals surface area contributed by atoms with Crippen LogP contribution in [0.4, 0.5) is 0 Å². The van der Waals surface area contributed by atoms with Gasteiger partial charge in [0.25, 0.3) is 0 Å². The SMILES string of the molecule is CC(CC(=N)N)NS(=O)(=O)C1CCS(=O)(=O)CC1. The van der Waals surface area contributed by atoms with Gasteiger partial charge in [-0.15, -0.1) is 0 Å². The van der Waals surface area contributed by atoms with Crippen LogP contribution in [0.2, 0.25) is 0 Å². The second-order valence-electron chi connectivity index (χ2n) is 4.64. The van der Waals surface area contributed by atoms with Gasteiger partial charge in [-0.3, -0.25) is 5.41 Å². The van der Waals surface area contributed by atoms with Gasteiger partial charge in [0.2, 0.25) is 10.0 Å². The molecule has 0 aromatic rings. The van der Waals surface area contributed by atoms with Crippen LogP contribution in [0.1, 0.15) is 26.2 Å². The third-order valence-electron chi connectivity index (χ3n) is 2.83. The molecule has 1 atom stereocenters. The van der Waals surface area contributed by atoms with Crippen LogP contribution in [-0.2, 0) is 19.9 Å². The van der Waals surface area contributed by atoms with E-state index in [9.17, 15) is 16.8 Å². The number of hydrogen-bond donors (Lipinski definition) is 3. The van der Waals surface area contributed by atoms with Crippen molar-refractivity contribution in [3.05, 3.63) is 0 Å². The van der Waals surface area contributed by atoms with Crippen molar-refractivity contribution in [2.24, 2.45) is 5.73 Å². The Kier molecular flexibility index (Phi) is 4.73. The lowest BCUT2D eigenvalue weighted by Crippen LogP contribution is -2.44. The Hall–Kier alpha value is -0.670. The predicted molar refractivity (Wildman–Crippen MR) is 69.7 cm³/mol. The fourth-order valence-corrected chi connectivity index (χ4v) is 5.41. The third kappa shape index (κ3) is 4.54. The van der Waals surface area contributed by atoms with Gasteiger partial charge in [-0.05, 0) is 19.8 Å². The lowest BCUT2D eigenvalue weighted by atomic mass is 10.2. The van der Waals surface area contributed by atoms with Gasteiger partial charge in [-0.25, -0.2) is 21.6 Å². The molecule has 18 heavy (non-hydrogen) atoms. The molecular weight excluding hydrogens is 278 g/mol. The van der Waals surface area contributed by atoms with E-state index in [0.29, 0.717) is 0 Å². The highest BCUT2D eigenvalue weighted by molar-refractivity contribution is 7.92. The van der Waals surface area contributed by atoms with Gasteiger partial charge >= 0.3 is 0 Å². The van der Waals surface area contributed by atoms with Gasteiger partial charge in [0.1, 0.15) is 9.84 Å². The molecule has 1 aliphatic heterocycles. The van der Waals surface area contributed by atoms with Crippen LogP contribution in [0.25, 0.3) is 0 Å². The molecule has 1 fully saturated rings. The highest BCUT2D eigenvalue weighted by Gasteiger charge is 2.33. The van der Waals surface area contributed by atoms with E-state index < -0.39 is 31.2 Å². The van der Waals surface area contributed by atoms with Crippen molar-refractivity contribution in [3.63, 3.8) is 0 Å². The normalized spacial score (nSPS) is 22.5. The molecule has 0 aromatic carbocycles. The Labute approximate surface area is 108 Å². The largest absolute Gasteiger partial charge is 0.388 e. The molecule has 0 bridgehead atoms. The fourth-order valence-electron chi connectivity index (χ4n) is 1.93. The number of rotatable bonds is 5. The van der Waals surface area contributed by atoms with E-state index in [-0.39, 0.29) is 36.6 Å². The lowest BCUT2D eigenvalue weighted by molar-refractivity contribution is 0.531. The Morgan fingerprint density at radius 3 is 2.39 bits per heavy atom. The summed E-state index contributed by atoms with van der Waals surface area (Å²) < 4.78 is 48.8. The Morgan fingerprint density at radius 2 is 1.94 bits per heavy atom. The van der Waals surface area contributed by atoms with Crippen molar-refractivity contribution in [1.82, 2.24) is 4.72 Å². The Morgan fingerprint density at radius 1 is 1.44 bits per heavy atom. The zero-order valence-electron chi connectivity index (χ0n) is 10.2. The fraction of sp³-hybridized carbons (Fsp3) is 0.889. The summed E-state index contributed by atoms with van der Waals surface area (Å²) in [5, 5.41) is 6.42. The summed E-state index contributed by atoms with van der Waals surface area (Å²) in [6.45, 7) is 1.62. The molecule has 0 aliphatic carbocycles. The maximum atomic E-state index is 12.0. The minimum atomic E-state index is -3.55. The maximum absolute atomic E-state index is 12.0. The summed E-state index contributed by atoms with van der Waals surface area (Å²) >= 11 is 0.